The Morgan fingerprint density at radius 1 is 1.38 bits per heavy atom. The summed E-state index contributed by atoms with van der Waals surface area (Å²) in [5.41, 5.74) is 3.84. The first-order chi connectivity index (χ1) is 7.66. The van der Waals surface area contributed by atoms with Gasteiger partial charge in [-0.1, -0.05) is 0 Å². The van der Waals surface area contributed by atoms with Crippen molar-refractivity contribution in [2.75, 3.05) is 37.4 Å². The fraction of sp³-hybridized carbons (Fsp3) is 0.538. The van der Waals surface area contributed by atoms with Gasteiger partial charge in [0.2, 0.25) is 0 Å². The molecule has 0 aliphatic carbocycles. The Bertz CT molecular complexity index is 354. The minimum Gasteiger partial charge on any atom is -0.381 e. The lowest BCUT2D eigenvalue weighted by Crippen LogP contribution is -2.22. The van der Waals surface area contributed by atoms with Crippen molar-refractivity contribution < 1.29 is 0 Å². The number of nitrogens with zero attached hydrogens (tertiary/aromatic N) is 1. The van der Waals surface area contributed by atoms with Gasteiger partial charge in [0.25, 0.3) is 0 Å². The molecule has 1 saturated heterocycles. The third-order valence-electron chi connectivity index (χ3n) is 3.15. The van der Waals surface area contributed by atoms with Crippen LogP contribution >= 0.6 is 0 Å². The van der Waals surface area contributed by atoms with Crippen molar-refractivity contribution in [1.29, 1.82) is 0 Å². The SMILES string of the molecule is Cc1cc(N(C)C)ccc1NC1CCNC1. The highest BCUT2D eigenvalue weighted by atomic mass is 15.1. The zero-order valence-electron chi connectivity index (χ0n) is 10.4. The van der Waals surface area contributed by atoms with Crippen LogP contribution in [0, 0.1) is 6.92 Å². The van der Waals surface area contributed by atoms with Crippen LogP contribution in [0.15, 0.2) is 18.2 Å². The molecular weight excluding hydrogens is 198 g/mol. The first kappa shape index (κ1) is 11.3. The Morgan fingerprint density at radius 2 is 2.19 bits per heavy atom. The van der Waals surface area contributed by atoms with Crippen LogP contribution in [-0.2, 0) is 0 Å². The second kappa shape index (κ2) is 4.74. The van der Waals surface area contributed by atoms with E-state index in [1.54, 1.807) is 0 Å². The van der Waals surface area contributed by atoms with Gasteiger partial charge in [-0.05, 0) is 43.7 Å². The second-order valence-corrected chi connectivity index (χ2v) is 4.73. The molecule has 1 atom stereocenters. The molecular formula is C13H21N3. The predicted molar refractivity (Wildman–Crippen MR) is 70.4 cm³/mol. The molecule has 1 aliphatic heterocycles. The van der Waals surface area contributed by atoms with Gasteiger partial charge in [0.15, 0.2) is 0 Å². The van der Waals surface area contributed by atoms with Crippen molar-refractivity contribution in [3.63, 3.8) is 0 Å². The van der Waals surface area contributed by atoms with Gasteiger partial charge in [-0.25, -0.2) is 0 Å². The van der Waals surface area contributed by atoms with Crippen molar-refractivity contribution in [1.82, 2.24) is 5.32 Å². The van der Waals surface area contributed by atoms with E-state index in [1.165, 1.54) is 23.4 Å². The van der Waals surface area contributed by atoms with Crippen LogP contribution < -0.4 is 15.5 Å². The van der Waals surface area contributed by atoms with Gasteiger partial charge in [-0.3, -0.25) is 0 Å². The molecule has 3 heteroatoms. The van der Waals surface area contributed by atoms with Crippen LogP contribution in [0.1, 0.15) is 12.0 Å². The molecule has 0 radical (unpaired) electrons. The Labute approximate surface area is 97.8 Å². The summed E-state index contributed by atoms with van der Waals surface area (Å²) in [6.07, 6.45) is 1.22. The summed E-state index contributed by atoms with van der Waals surface area (Å²) in [6.45, 7) is 4.37. The van der Waals surface area contributed by atoms with Crippen LogP contribution in [0.4, 0.5) is 11.4 Å². The maximum atomic E-state index is 3.59. The molecule has 1 heterocycles. The number of nitrogens with one attached hydrogen (secondary N) is 2. The summed E-state index contributed by atoms with van der Waals surface area (Å²) in [7, 11) is 4.14. The van der Waals surface area contributed by atoms with Crippen LogP contribution in [-0.4, -0.2) is 33.2 Å². The lowest BCUT2D eigenvalue weighted by molar-refractivity contribution is 0.792. The molecule has 2 rings (SSSR count). The monoisotopic (exact) mass is 219 g/mol. The average molecular weight is 219 g/mol. The number of hydrogen-bond donors (Lipinski definition) is 2. The van der Waals surface area contributed by atoms with Crippen LogP contribution in [0.25, 0.3) is 0 Å². The molecule has 16 heavy (non-hydrogen) atoms. The Morgan fingerprint density at radius 3 is 2.75 bits per heavy atom. The summed E-state index contributed by atoms with van der Waals surface area (Å²) in [5, 5.41) is 6.97. The van der Waals surface area contributed by atoms with Gasteiger partial charge in [0.1, 0.15) is 0 Å². The maximum absolute atomic E-state index is 3.59. The van der Waals surface area contributed by atoms with Crippen molar-refractivity contribution in [3.8, 4) is 0 Å². The highest BCUT2D eigenvalue weighted by molar-refractivity contribution is 5.60. The molecule has 1 aliphatic rings. The lowest BCUT2D eigenvalue weighted by atomic mass is 10.1. The van der Waals surface area contributed by atoms with Gasteiger partial charge in [-0.2, -0.15) is 0 Å². The minimum absolute atomic E-state index is 0.587. The standard InChI is InChI=1S/C13H21N3/c1-10-8-12(16(2)3)4-5-13(10)15-11-6-7-14-9-11/h4-5,8,11,14-15H,6-7,9H2,1-3H3. The fourth-order valence-corrected chi connectivity index (χ4v) is 2.09. The molecule has 1 unspecified atom stereocenters. The van der Waals surface area contributed by atoms with Crippen LogP contribution in [0.2, 0.25) is 0 Å². The fourth-order valence-electron chi connectivity index (χ4n) is 2.09. The number of benzene rings is 1. The van der Waals surface area contributed by atoms with Gasteiger partial charge in [-0.15, -0.1) is 0 Å². The number of rotatable bonds is 3. The van der Waals surface area contributed by atoms with Gasteiger partial charge in [0, 0.05) is 38.1 Å². The Kier molecular flexibility index (Phi) is 3.34. The van der Waals surface area contributed by atoms with Crippen molar-refractivity contribution >= 4 is 11.4 Å². The number of aryl methyl sites for hydroxylation is 1. The zero-order chi connectivity index (χ0) is 11.5. The Balaban J connectivity index is 2.09. The molecule has 2 N–H and O–H groups in total. The van der Waals surface area contributed by atoms with Crippen molar-refractivity contribution in [2.24, 2.45) is 0 Å². The minimum atomic E-state index is 0.587. The van der Waals surface area contributed by atoms with Gasteiger partial charge < -0.3 is 15.5 Å². The van der Waals surface area contributed by atoms with E-state index in [0.717, 1.165) is 13.1 Å². The van der Waals surface area contributed by atoms with E-state index in [4.69, 9.17) is 0 Å². The predicted octanol–water partition coefficient (Wildman–Crippen LogP) is 1.83. The number of hydrogen-bond acceptors (Lipinski definition) is 3. The molecule has 1 aromatic carbocycles. The summed E-state index contributed by atoms with van der Waals surface area (Å²) in [4.78, 5) is 2.13. The topological polar surface area (TPSA) is 27.3 Å². The van der Waals surface area contributed by atoms with E-state index >= 15 is 0 Å². The first-order valence-electron chi connectivity index (χ1n) is 5.92. The molecule has 0 aromatic heterocycles. The average Bonchev–Trinajstić information content (AvgIpc) is 2.73. The first-order valence-corrected chi connectivity index (χ1v) is 5.92. The van der Waals surface area contributed by atoms with Gasteiger partial charge >= 0.3 is 0 Å². The van der Waals surface area contributed by atoms with E-state index in [0.29, 0.717) is 6.04 Å². The largest absolute Gasteiger partial charge is 0.381 e. The van der Waals surface area contributed by atoms with E-state index in [2.05, 4.69) is 54.8 Å². The zero-order valence-corrected chi connectivity index (χ0v) is 10.4. The van der Waals surface area contributed by atoms with E-state index < -0.39 is 0 Å². The maximum Gasteiger partial charge on any atom is 0.0398 e. The van der Waals surface area contributed by atoms with Crippen molar-refractivity contribution in [2.45, 2.75) is 19.4 Å². The molecule has 1 fully saturated rings. The second-order valence-electron chi connectivity index (χ2n) is 4.73. The molecule has 3 nitrogen and oxygen atoms in total. The summed E-state index contributed by atoms with van der Waals surface area (Å²) in [6, 6.07) is 7.16. The lowest BCUT2D eigenvalue weighted by Gasteiger charge is -2.18. The molecule has 0 bridgehead atoms. The van der Waals surface area contributed by atoms with Crippen LogP contribution in [0.5, 0.6) is 0 Å². The highest BCUT2D eigenvalue weighted by Crippen LogP contribution is 2.22. The molecule has 0 saturated carbocycles. The van der Waals surface area contributed by atoms with E-state index in [1.807, 2.05) is 0 Å². The molecule has 1 aromatic rings. The molecule has 0 amide bonds. The quantitative estimate of drug-likeness (QED) is 0.812. The normalized spacial score (nSPS) is 19.8. The summed E-state index contributed by atoms with van der Waals surface area (Å²) < 4.78 is 0. The summed E-state index contributed by atoms with van der Waals surface area (Å²) >= 11 is 0. The van der Waals surface area contributed by atoms with Crippen molar-refractivity contribution in [3.05, 3.63) is 23.8 Å². The van der Waals surface area contributed by atoms with E-state index in [-0.39, 0.29) is 0 Å². The Hall–Kier alpha value is -1.22. The number of anilines is 2. The van der Waals surface area contributed by atoms with E-state index in [9.17, 15) is 0 Å². The molecule has 88 valence electrons. The highest BCUT2D eigenvalue weighted by Gasteiger charge is 2.14. The van der Waals surface area contributed by atoms with Gasteiger partial charge in [0.05, 0.1) is 0 Å². The third kappa shape index (κ3) is 2.47. The molecule has 0 spiro atoms. The third-order valence-corrected chi connectivity index (χ3v) is 3.15. The van der Waals surface area contributed by atoms with Crippen LogP contribution in [0.3, 0.4) is 0 Å². The summed E-state index contributed by atoms with van der Waals surface area (Å²) in [5.74, 6) is 0. The smallest absolute Gasteiger partial charge is 0.0398 e.